The van der Waals surface area contributed by atoms with E-state index in [0.717, 1.165) is 29.2 Å². The predicted molar refractivity (Wildman–Crippen MR) is 78.3 cm³/mol. The highest BCUT2D eigenvalue weighted by molar-refractivity contribution is 7.99. The lowest BCUT2D eigenvalue weighted by molar-refractivity contribution is 0.318. The molecule has 0 aliphatic heterocycles. The first-order valence-corrected chi connectivity index (χ1v) is 7.21. The van der Waals surface area contributed by atoms with Gasteiger partial charge in [0.1, 0.15) is 0 Å². The van der Waals surface area contributed by atoms with Crippen molar-refractivity contribution in [2.75, 3.05) is 11.5 Å². The van der Waals surface area contributed by atoms with Crippen LogP contribution in [0.4, 0.5) is 0 Å². The highest BCUT2D eigenvalue weighted by Gasteiger charge is 2.07. The molecule has 4 nitrogen and oxygen atoms in total. The van der Waals surface area contributed by atoms with Gasteiger partial charge in [0.05, 0.1) is 0 Å². The number of nitrogens with one attached hydrogen (secondary N) is 1. The average molecular weight is 267 g/mol. The Morgan fingerprint density at radius 1 is 1.50 bits per heavy atom. The zero-order chi connectivity index (χ0) is 13.4. The van der Waals surface area contributed by atoms with Crippen LogP contribution in [0.25, 0.3) is 0 Å². The number of thioether (sulfide) groups is 1. The standard InChI is InChI=1S/C13H21N3OS/c1-3-18-9-10(2)15-8-11-6-4-5-7-12(11)13(14)16-17/h4-7,10,15,17H,3,8-9H2,1-2H3,(H2,14,16). The minimum absolute atomic E-state index is 0.156. The number of hydrogen-bond acceptors (Lipinski definition) is 4. The monoisotopic (exact) mass is 267 g/mol. The lowest BCUT2D eigenvalue weighted by Gasteiger charge is -2.14. The van der Waals surface area contributed by atoms with Gasteiger partial charge in [0.25, 0.3) is 0 Å². The van der Waals surface area contributed by atoms with E-state index >= 15 is 0 Å². The number of oxime groups is 1. The molecule has 1 unspecified atom stereocenters. The molecule has 1 aromatic carbocycles. The van der Waals surface area contributed by atoms with E-state index in [2.05, 4.69) is 24.3 Å². The van der Waals surface area contributed by atoms with Crippen molar-refractivity contribution < 1.29 is 5.21 Å². The van der Waals surface area contributed by atoms with E-state index in [9.17, 15) is 0 Å². The highest BCUT2D eigenvalue weighted by atomic mass is 32.2. The van der Waals surface area contributed by atoms with Gasteiger partial charge in [-0.05, 0) is 18.2 Å². The molecule has 18 heavy (non-hydrogen) atoms. The molecule has 0 fully saturated rings. The molecule has 0 aliphatic rings. The molecule has 0 radical (unpaired) electrons. The van der Waals surface area contributed by atoms with Crippen molar-refractivity contribution in [3.63, 3.8) is 0 Å². The van der Waals surface area contributed by atoms with Crippen molar-refractivity contribution in [3.05, 3.63) is 35.4 Å². The Labute approximate surface area is 113 Å². The van der Waals surface area contributed by atoms with Gasteiger partial charge in [-0.25, -0.2) is 0 Å². The Balaban J connectivity index is 2.62. The van der Waals surface area contributed by atoms with E-state index in [-0.39, 0.29) is 5.84 Å². The molecule has 0 amide bonds. The van der Waals surface area contributed by atoms with Gasteiger partial charge in [-0.15, -0.1) is 0 Å². The smallest absolute Gasteiger partial charge is 0.170 e. The van der Waals surface area contributed by atoms with E-state index in [1.54, 1.807) is 0 Å². The molecule has 1 rings (SSSR count). The number of nitrogens with two attached hydrogens (primary N) is 1. The summed E-state index contributed by atoms with van der Waals surface area (Å²) in [6.45, 7) is 5.04. The van der Waals surface area contributed by atoms with Crippen LogP contribution in [0.15, 0.2) is 29.4 Å². The maximum atomic E-state index is 8.75. The van der Waals surface area contributed by atoms with Gasteiger partial charge in [-0.3, -0.25) is 0 Å². The second kappa shape index (κ2) is 8.00. The molecule has 5 heteroatoms. The van der Waals surface area contributed by atoms with Crippen LogP contribution in [0.2, 0.25) is 0 Å². The van der Waals surface area contributed by atoms with Crippen LogP contribution >= 0.6 is 11.8 Å². The SMILES string of the molecule is CCSCC(C)NCc1ccccc1/C(N)=N/O. The molecule has 4 N–H and O–H groups in total. The molecule has 1 aromatic rings. The summed E-state index contributed by atoms with van der Waals surface area (Å²) < 4.78 is 0. The van der Waals surface area contributed by atoms with Crippen molar-refractivity contribution in [1.29, 1.82) is 0 Å². The molecule has 0 bridgehead atoms. The molecule has 0 saturated heterocycles. The molecule has 0 spiro atoms. The Bertz CT molecular complexity index is 396. The molecule has 1 atom stereocenters. The van der Waals surface area contributed by atoms with Gasteiger partial charge in [-0.1, -0.05) is 36.3 Å². The minimum Gasteiger partial charge on any atom is -0.409 e. The number of benzene rings is 1. The fourth-order valence-corrected chi connectivity index (χ4v) is 2.32. The largest absolute Gasteiger partial charge is 0.409 e. The van der Waals surface area contributed by atoms with E-state index in [1.807, 2.05) is 36.0 Å². The van der Waals surface area contributed by atoms with Crippen LogP contribution in [-0.2, 0) is 6.54 Å². The fraction of sp³-hybridized carbons (Fsp3) is 0.462. The predicted octanol–water partition coefficient (Wildman–Crippen LogP) is 2.01. The maximum absolute atomic E-state index is 8.75. The Morgan fingerprint density at radius 2 is 2.22 bits per heavy atom. The molecule has 0 aliphatic carbocycles. The van der Waals surface area contributed by atoms with Gasteiger partial charge < -0.3 is 16.3 Å². The summed E-state index contributed by atoms with van der Waals surface area (Å²) >= 11 is 1.92. The third kappa shape index (κ3) is 4.58. The molecule has 100 valence electrons. The third-order valence-electron chi connectivity index (χ3n) is 2.61. The highest BCUT2D eigenvalue weighted by Crippen LogP contribution is 2.09. The molecule has 0 heterocycles. The van der Waals surface area contributed by atoms with E-state index in [1.165, 1.54) is 0 Å². The van der Waals surface area contributed by atoms with Gasteiger partial charge >= 0.3 is 0 Å². The first-order valence-electron chi connectivity index (χ1n) is 6.06. The number of hydrogen-bond donors (Lipinski definition) is 3. The van der Waals surface area contributed by atoms with Crippen LogP contribution in [0.3, 0.4) is 0 Å². The normalized spacial score (nSPS) is 13.6. The van der Waals surface area contributed by atoms with Crippen LogP contribution < -0.4 is 11.1 Å². The summed E-state index contributed by atoms with van der Waals surface area (Å²) in [6.07, 6.45) is 0. The van der Waals surface area contributed by atoms with Gasteiger partial charge in [0.2, 0.25) is 0 Å². The first kappa shape index (κ1) is 14.9. The summed E-state index contributed by atoms with van der Waals surface area (Å²) in [5.74, 6) is 2.37. The summed E-state index contributed by atoms with van der Waals surface area (Å²) in [4.78, 5) is 0. The van der Waals surface area contributed by atoms with Crippen LogP contribution in [0.1, 0.15) is 25.0 Å². The topological polar surface area (TPSA) is 70.6 Å². The lowest BCUT2D eigenvalue weighted by Crippen LogP contribution is -2.29. The minimum atomic E-state index is 0.156. The Kier molecular flexibility index (Phi) is 6.60. The van der Waals surface area contributed by atoms with Crippen molar-refractivity contribution in [2.24, 2.45) is 10.9 Å². The second-order valence-corrected chi connectivity index (χ2v) is 5.40. The first-order chi connectivity index (χ1) is 8.69. The van der Waals surface area contributed by atoms with E-state index in [0.29, 0.717) is 6.04 Å². The van der Waals surface area contributed by atoms with Crippen molar-refractivity contribution >= 4 is 17.6 Å². The number of nitrogens with zero attached hydrogens (tertiary/aromatic N) is 1. The zero-order valence-corrected chi connectivity index (χ0v) is 11.7. The van der Waals surface area contributed by atoms with Crippen LogP contribution in [-0.4, -0.2) is 28.6 Å². The third-order valence-corrected chi connectivity index (χ3v) is 3.76. The molecular weight excluding hydrogens is 246 g/mol. The zero-order valence-electron chi connectivity index (χ0n) is 10.9. The maximum Gasteiger partial charge on any atom is 0.170 e. The summed E-state index contributed by atoms with van der Waals surface area (Å²) in [7, 11) is 0. The fourth-order valence-electron chi connectivity index (χ4n) is 1.62. The van der Waals surface area contributed by atoms with Crippen LogP contribution in [0.5, 0.6) is 0 Å². The second-order valence-electron chi connectivity index (χ2n) is 4.08. The van der Waals surface area contributed by atoms with Gasteiger partial charge in [0.15, 0.2) is 5.84 Å². The van der Waals surface area contributed by atoms with Gasteiger partial charge in [-0.2, -0.15) is 11.8 Å². The van der Waals surface area contributed by atoms with E-state index < -0.39 is 0 Å². The lowest BCUT2D eigenvalue weighted by atomic mass is 10.1. The Morgan fingerprint density at radius 3 is 2.89 bits per heavy atom. The van der Waals surface area contributed by atoms with Crippen molar-refractivity contribution in [1.82, 2.24) is 5.32 Å². The molecule has 0 saturated carbocycles. The summed E-state index contributed by atoms with van der Waals surface area (Å²) in [5, 5.41) is 15.2. The molecule has 0 aromatic heterocycles. The summed E-state index contributed by atoms with van der Waals surface area (Å²) in [6, 6.07) is 8.12. The summed E-state index contributed by atoms with van der Waals surface area (Å²) in [5.41, 5.74) is 7.47. The van der Waals surface area contributed by atoms with E-state index in [4.69, 9.17) is 10.9 Å². The number of amidine groups is 1. The van der Waals surface area contributed by atoms with Gasteiger partial charge in [0, 0.05) is 23.9 Å². The molecular formula is C13H21N3OS. The van der Waals surface area contributed by atoms with Crippen molar-refractivity contribution in [2.45, 2.75) is 26.4 Å². The quantitative estimate of drug-likeness (QED) is 0.306. The Hall–Kier alpha value is -1.20. The van der Waals surface area contributed by atoms with Crippen molar-refractivity contribution in [3.8, 4) is 0 Å². The average Bonchev–Trinajstić information content (AvgIpc) is 2.42. The number of rotatable bonds is 7. The van der Waals surface area contributed by atoms with Crippen LogP contribution in [0, 0.1) is 0 Å².